The number of halogens is 1. The van der Waals surface area contributed by atoms with Gasteiger partial charge in [0.15, 0.2) is 0 Å². The Hall–Kier alpha value is -0.720. The SMILES string of the molecule is CCCc1nnsc1C(N)c1occc1Br. The molecule has 0 aromatic carbocycles. The Morgan fingerprint density at radius 3 is 3.06 bits per heavy atom. The van der Waals surface area contributed by atoms with Crippen LogP contribution >= 0.6 is 27.5 Å². The Labute approximate surface area is 106 Å². The molecule has 0 aliphatic carbocycles. The second-order valence-corrected chi connectivity index (χ2v) is 5.08. The topological polar surface area (TPSA) is 64.9 Å². The largest absolute Gasteiger partial charge is 0.466 e. The van der Waals surface area contributed by atoms with Gasteiger partial charge in [-0.3, -0.25) is 0 Å². The van der Waals surface area contributed by atoms with E-state index in [-0.39, 0.29) is 6.04 Å². The van der Waals surface area contributed by atoms with E-state index in [9.17, 15) is 0 Å². The lowest BCUT2D eigenvalue weighted by molar-refractivity contribution is 0.488. The molecule has 86 valence electrons. The van der Waals surface area contributed by atoms with E-state index in [0.29, 0.717) is 0 Å². The smallest absolute Gasteiger partial charge is 0.140 e. The zero-order chi connectivity index (χ0) is 11.5. The first-order chi connectivity index (χ1) is 7.74. The Kier molecular flexibility index (Phi) is 3.73. The number of hydrogen-bond acceptors (Lipinski definition) is 5. The maximum atomic E-state index is 6.14. The highest BCUT2D eigenvalue weighted by Gasteiger charge is 2.21. The molecule has 0 spiro atoms. The van der Waals surface area contributed by atoms with E-state index in [4.69, 9.17) is 10.2 Å². The first-order valence-electron chi connectivity index (χ1n) is 5.03. The minimum atomic E-state index is -0.286. The standard InChI is InChI=1S/C10H12BrN3OS/c1-2-3-7-10(16-14-13-7)8(12)9-6(11)4-5-15-9/h4-5,8H,2-3,12H2,1H3. The summed E-state index contributed by atoms with van der Waals surface area (Å²) in [5, 5.41) is 4.10. The van der Waals surface area contributed by atoms with Crippen molar-refractivity contribution in [2.24, 2.45) is 5.73 Å². The van der Waals surface area contributed by atoms with Gasteiger partial charge in [-0.15, -0.1) is 5.10 Å². The summed E-state index contributed by atoms with van der Waals surface area (Å²) in [6.45, 7) is 2.11. The van der Waals surface area contributed by atoms with Crippen LogP contribution in [0.2, 0.25) is 0 Å². The predicted molar refractivity (Wildman–Crippen MR) is 66.3 cm³/mol. The molecule has 16 heavy (non-hydrogen) atoms. The van der Waals surface area contributed by atoms with Crippen LogP contribution in [0.15, 0.2) is 21.2 Å². The molecule has 0 amide bonds. The van der Waals surface area contributed by atoms with Crippen LogP contribution in [-0.2, 0) is 6.42 Å². The van der Waals surface area contributed by atoms with Gasteiger partial charge in [-0.2, -0.15) is 0 Å². The molecule has 0 saturated heterocycles. The highest BCUT2D eigenvalue weighted by Crippen LogP contribution is 2.31. The lowest BCUT2D eigenvalue weighted by Crippen LogP contribution is -2.12. The number of aromatic nitrogens is 2. The molecule has 0 bridgehead atoms. The molecule has 1 atom stereocenters. The molecule has 0 aliphatic heterocycles. The molecule has 0 fully saturated rings. The van der Waals surface area contributed by atoms with Crippen LogP contribution in [0.4, 0.5) is 0 Å². The monoisotopic (exact) mass is 301 g/mol. The number of hydrogen-bond donors (Lipinski definition) is 1. The Balaban J connectivity index is 2.30. The lowest BCUT2D eigenvalue weighted by atomic mass is 10.1. The molecule has 2 aromatic rings. The van der Waals surface area contributed by atoms with Crippen LogP contribution in [0.5, 0.6) is 0 Å². The number of aryl methyl sites for hydroxylation is 1. The van der Waals surface area contributed by atoms with Crippen molar-refractivity contribution in [3.05, 3.63) is 33.1 Å². The van der Waals surface area contributed by atoms with E-state index in [1.165, 1.54) is 11.5 Å². The van der Waals surface area contributed by atoms with E-state index in [0.717, 1.165) is 33.6 Å². The third-order valence-corrected chi connectivity index (χ3v) is 3.79. The zero-order valence-electron chi connectivity index (χ0n) is 8.81. The number of nitrogens with zero attached hydrogens (tertiary/aromatic N) is 2. The maximum absolute atomic E-state index is 6.14. The van der Waals surface area contributed by atoms with Crippen LogP contribution in [-0.4, -0.2) is 9.59 Å². The molecule has 2 N–H and O–H groups in total. The molecule has 0 radical (unpaired) electrons. The average molecular weight is 302 g/mol. The van der Waals surface area contributed by atoms with Crippen molar-refractivity contribution in [1.29, 1.82) is 0 Å². The Morgan fingerprint density at radius 1 is 1.62 bits per heavy atom. The van der Waals surface area contributed by atoms with Crippen LogP contribution in [0, 0.1) is 0 Å². The van der Waals surface area contributed by atoms with Gasteiger partial charge in [0.2, 0.25) is 0 Å². The molecule has 0 aliphatic rings. The minimum absolute atomic E-state index is 0.286. The van der Waals surface area contributed by atoms with Gasteiger partial charge < -0.3 is 10.2 Å². The summed E-state index contributed by atoms with van der Waals surface area (Å²) in [5.41, 5.74) is 7.12. The third kappa shape index (κ3) is 2.18. The van der Waals surface area contributed by atoms with Gasteiger partial charge in [0.25, 0.3) is 0 Å². The first-order valence-corrected chi connectivity index (χ1v) is 6.60. The van der Waals surface area contributed by atoms with Gasteiger partial charge in [0.1, 0.15) is 11.8 Å². The molecule has 4 nitrogen and oxygen atoms in total. The highest BCUT2D eigenvalue weighted by molar-refractivity contribution is 9.10. The predicted octanol–water partition coefficient (Wildman–Crippen LogP) is 2.89. The van der Waals surface area contributed by atoms with Crippen molar-refractivity contribution in [2.45, 2.75) is 25.8 Å². The van der Waals surface area contributed by atoms with E-state index < -0.39 is 0 Å². The third-order valence-electron chi connectivity index (χ3n) is 2.28. The number of furan rings is 1. The Bertz CT molecular complexity index is 468. The summed E-state index contributed by atoms with van der Waals surface area (Å²) in [7, 11) is 0. The number of nitrogens with two attached hydrogens (primary N) is 1. The molecule has 2 rings (SSSR count). The van der Waals surface area contributed by atoms with Crippen LogP contribution in [0.1, 0.15) is 35.7 Å². The molecule has 2 aromatic heterocycles. The van der Waals surface area contributed by atoms with Crippen molar-refractivity contribution >= 4 is 27.5 Å². The van der Waals surface area contributed by atoms with E-state index in [1.54, 1.807) is 6.26 Å². The zero-order valence-corrected chi connectivity index (χ0v) is 11.2. The van der Waals surface area contributed by atoms with Crippen molar-refractivity contribution in [3.63, 3.8) is 0 Å². The lowest BCUT2D eigenvalue weighted by Gasteiger charge is -2.08. The summed E-state index contributed by atoms with van der Waals surface area (Å²) in [6, 6.07) is 1.55. The van der Waals surface area contributed by atoms with Gasteiger partial charge in [0.05, 0.1) is 21.3 Å². The van der Waals surface area contributed by atoms with Crippen molar-refractivity contribution in [1.82, 2.24) is 9.59 Å². The second kappa shape index (κ2) is 5.07. The van der Waals surface area contributed by atoms with E-state index in [2.05, 4.69) is 32.4 Å². The summed E-state index contributed by atoms with van der Waals surface area (Å²) in [5.74, 6) is 0.725. The molecule has 0 saturated carbocycles. The van der Waals surface area contributed by atoms with Crippen LogP contribution in [0.25, 0.3) is 0 Å². The molecule has 1 unspecified atom stereocenters. The van der Waals surface area contributed by atoms with Gasteiger partial charge in [-0.1, -0.05) is 17.8 Å². The first kappa shape index (κ1) is 11.8. The number of rotatable bonds is 4. The van der Waals surface area contributed by atoms with Crippen LogP contribution in [0.3, 0.4) is 0 Å². The maximum Gasteiger partial charge on any atom is 0.140 e. The van der Waals surface area contributed by atoms with Gasteiger partial charge in [0, 0.05) is 0 Å². The molecule has 2 heterocycles. The molecular formula is C10H12BrN3OS. The Morgan fingerprint density at radius 2 is 2.44 bits per heavy atom. The fourth-order valence-corrected chi connectivity index (χ4v) is 2.65. The normalized spacial score (nSPS) is 12.9. The van der Waals surface area contributed by atoms with Crippen molar-refractivity contribution in [2.75, 3.05) is 0 Å². The van der Waals surface area contributed by atoms with E-state index >= 15 is 0 Å². The second-order valence-electron chi connectivity index (χ2n) is 3.44. The fraction of sp³-hybridized carbons (Fsp3) is 0.400. The summed E-state index contributed by atoms with van der Waals surface area (Å²) >= 11 is 4.74. The average Bonchev–Trinajstić information content (AvgIpc) is 2.87. The van der Waals surface area contributed by atoms with E-state index in [1.807, 2.05) is 6.07 Å². The van der Waals surface area contributed by atoms with Gasteiger partial charge in [-0.25, -0.2) is 0 Å². The highest BCUT2D eigenvalue weighted by atomic mass is 79.9. The van der Waals surface area contributed by atoms with Gasteiger partial charge in [-0.05, 0) is 39.9 Å². The summed E-state index contributed by atoms with van der Waals surface area (Å²) < 4.78 is 10.2. The quantitative estimate of drug-likeness (QED) is 0.943. The van der Waals surface area contributed by atoms with Crippen molar-refractivity contribution < 1.29 is 4.42 Å². The van der Waals surface area contributed by atoms with Crippen LogP contribution < -0.4 is 5.73 Å². The molecular weight excluding hydrogens is 290 g/mol. The molecule has 6 heteroatoms. The van der Waals surface area contributed by atoms with Crippen molar-refractivity contribution in [3.8, 4) is 0 Å². The van der Waals surface area contributed by atoms with Gasteiger partial charge >= 0.3 is 0 Å². The minimum Gasteiger partial charge on any atom is -0.466 e. The fourth-order valence-electron chi connectivity index (χ4n) is 1.51. The summed E-state index contributed by atoms with van der Waals surface area (Å²) in [4.78, 5) is 0.984. The summed E-state index contributed by atoms with van der Waals surface area (Å²) in [6.07, 6.45) is 3.55.